The molecule has 4 heteroatoms. The molecule has 0 atom stereocenters. The molecule has 0 aliphatic carbocycles. The monoisotopic (exact) mass is 284 g/mol. The lowest BCUT2D eigenvalue weighted by Gasteiger charge is -2.09. The molecule has 110 valence electrons. The summed E-state index contributed by atoms with van der Waals surface area (Å²) in [4.78, 5) is 0. The topological polar surface area (TPSA) is 47.3 Å². The molecule has 0 aliphatic rings. The molecule has 1 aromatic carbocycles. The van der Waals surface area contributed by atoms with Crippen molar-refractivity contribution in [2.45, 2.75) is 19.8 Å². The van der Waals surface area contributed by atoms with Gasteiger partial charge in [0.05, 0.1) is 13.2 Å². The summed E-state index contributed by atoms with van der Waals surface area (Å²) in [7, 11) is 1.93. The number of hydrogen-bond donors (Lipinski definition) is 1. The zero-order valence-corrected chi connectivity index (χ0v) is 12.5. The Balaban J connectivity index is 1.92. The first-order valence-electron chi connectivity index (χ1n) is 7.01. The third-order valence-corrected chi connectivity index (χ3v) is 3.18. The first-order valence-corrected chi connectivity index (χ1v) is 7.01. The number of hydrogen-bond acceptors (Lipinski definition) is 3. The Morgan fingerprint density at radius 1 is 1.33 bits per heavy atom. The second-order valence-corrected chi connectivity index (χ2v) is 4.80. The summed E-state index contributed by atoms with van der Waals surface area (Å²) in [6, 6.07) is 7.89. The van der Waals surface area contributed by atoms with Crippen LogP contribution in [0.15, 0.2) is 30.5 Å². The number of benzene rings is 1. The highest BCUT2D eigenvalue weighted by Crippen LogP contribution is 2.19. The Kier molecular flexibility index (Phi) is 5.42. The second-order valence-electron chi connectivity index (χ2n) is 4.80. The van der Waals surface area contributed by atoms with E-state index in [1.165, 1.54) is 0 Å². The Morgan fingerprint density at radius 3 is 2.86 bits per heavy atom. The van der Waals surface area contributed by atoms with E-state index in [1.54, 1.807) is 6.20 Å². The standard InChI is InChI=1S/C17H20N2O2/c1-14-13-15(5-3-4-11-20)6-7-17(14)21-12-9-16-8-10-18-19(16)2/h6-8,10,13,20H,4,9,11-12H2,1-2H3. The largest absolute Gasteiger partial charge is 0.493 e. The number of aliphatic hydroxyl groups excluding tert-OH is 1. The van der Waals surface area contributed by atoms with Gasteiger partial charge in [-0.1, -0.05) is 11.8 Å². The SMILES string of the molecule is Cc1cc(C#CCCO)ccc1OCCc1ccnn1C. The van der Waals surface area contributed by atoms with Crippen LogP contribution in [0.25, 0.3) is 0 Å². The summed E-state index contributed by atoms with van der Waals surface area (Å²) >= 11 is 0. The molecule has 0 unspecified atom stereocenters. The first-order chi connectivity index (χ1) is 10.2. The molecule has 0 amide bonds. The molecule has 0 bridgehead atoms. The molecule has 0 aliphatic heterocycles. The van der Waals surface area contributed by atoms with E-state index in [1.807, 2.05) is 42.9 Å². The van der Waals surface area contributed by atoms with Crippen LogP contribution in [0.5, 0.6) is 5.75 Å². The molecule has 4 nitrogen and oxygen atoms in total. The van der Waals surface area contributed by atoms with Crippen LogP contribution in [0.1, 0.15) is 23.2 Å². The lowest BCUT2D eigenvalue weighted by Crippen LogP contribution is -2.06. The van der Waals surface area contributed by atoms with Crippen molar-refractivity contribution < 1.29 is 9.84 Å². The van der Waals surface area contributed by atoms with Crippen molar-refractivity contribution >= 4 is 0 Å². The maximum Gasteiger partial charge on any atom is 0.122 e. The van der Waals surface area contributed by atoms with E-state index in [4.69, 9.17) is 9.84 Å². The quantitative estimate of drug-likeness (QED) is 0.855. The van der Waals surface area contributed by atoms with Gasteiger partial charge in [0.2, 0.25) is 0 Å². The lowest BCUT2D eigenvalue weighted by atomic mass is 10.1. The van der Waals surface area contributed by atoms with Crippen LogP contribution in [0.3, 0.4) is 0 Å². The average molecular weight is 284 g/mol. The lowest BCUT2D eigenvalue weighted by molar-refractivity contribution is 0.305. The van der Waals surface area contributed by atoms with E-state index in [0.717, 1.165) is 29.0 Å². The zero-order chi connectivity index (χ0) is 15.1. The van der Waals surface area contributed by atoms with E-state index >= 15 is 0 Å². The molecule has 2 rings (SSSR count). The third kappa shape index (κ3) is 4.37. The van der Waals surface area contributed by atoms with Gasteiger partial charge < -0.3 is 9.84 Å². The maximum atomic E-state index is 8.71. The molecule has 0 fully saturated rings. The van der Waals surface area contributed by atoms with Gasteiger partial charge in [-0.05, 0) is 36.8 Å². The van der Waals surface area contributed by atoms with Crippen molar-refractivity contribution in [2.75, 3.05) is 13.2 Å². The summed E-state index contributed by atoms with van der Waals surface area (Å²) in [5, 5.41) is 12.8. The minimum absolute atomic E-state index is 0.0984. The number of aliphatic hydroxyl groups is 1. The summed E-state index contributed by atoms with van der Waals surface area (Å²) in [5.41, 5.74) is 3.16. The number of nitrogens with zero attached hydrogens (tertiary/aromatic N) is 2. The van der Waals surface area contributed by atoms with Crippen molar-refractivity contribution in [3.63, 3.8) is 0 Å². The fourth-order valence-electron chi connectivity index (χ4n) is 2.02. The molecule has 0 radical (unpaired) electrons. The summed E-state index contributed by atoms with van der Waals surface area (Å²) in [5.74, 6) is 6.82. The normalized spacial score (nSPS) is 10.0. The van der Waals surface area contributed by atoms with Crippen LogP contribution in [0, 0.1) is 18.8 Å². The summed E-state index contributed by atoms with van der Waals surface area (Å²) in [6.07, 6.45) is 3.12. The predicted octanol–water partition coefficient (Wildman–Crippen LogP) is 2.08. The van der Waals surface area contributed by atoms with Crippen LogP contribution < -0.4 is 4.74 Å². The van der Waals surface area contributed by atoms with Gasteiger partial charge in [-0.3, -0.25) is 4.68 Å². The van der Waals surface area contributed by atoms with Gasteiger partial charge in [-0.25, -0.2) is 0 Å². The van der Waals surface area contributed by atoms with Gasteiger partial charge >= 0.3 is 0 Å². The van der Waals surface area contributed by atoms with Crippen molar-refractivity contribution in [3.05, 3.63) is 47.3 Å². The van der Waals surface area contributed by atoms with Gasteiger partial charge in [0, 0.05) is 37.3 Å². The Bertz CT molecular complexity index is 650. The smallest absolute Gasteiger partial charge is 0.122 e. The van der Waals surface area contributed by atoms with Crippen LogP contribution in [0.4, 0.5) is 0 Å². The Morgan fingerprint density at radius 2 is 2.19 bits per heavy atom. The van der Waals surface area contributed by atoms with Gasteiger partial charge in [0.1, 0.15) is 5.75 Å². The summed E-state index contributed by atoms with van der Waals surface area (Å²) in [6.45, 7) is 2.73. The number of aryl methyl sites for hydroxylation is 2. The van der Waals surface area contributed by atoms with Crippen LogP contribution in [0.2, 0.25) is 0 Å². The van der Waals surface area contributed by atoms with Crippen molar-refractivity contribution in [1.82, 2.24) is 9.78 Å². The molecular weight excluding hydrogens is 264 g/mol. The molecule has 1 aromatic heterocycles. The predicted molar refractivity (Wildman–Crippen MR) is 82.2 cm³/mol. The minimum atomic E-state index is 0.0984. The molecule has 2 aromatic rings. The van der Waals surface area contributed by atoms with Gasteiger partial charge in [-0.2, -0.15) is 5.10 Å². The van der Waals surface area contributed by atoms with Gasteiger partial charge in [0.25, 0.3) is 0 Å². The van der Waals surface area contributed by atoms with E-state index in [-0.39, 0.29) is 6.61 Å². The Labute approximate surface area is 125 Å². The highest BCUT2D eigenvalue weighted by Gasteiger charge is 2.02. The average Bonchev–Trinajstić information content (AvgIpc) is 2.87. The van der Waals surface area contributed by atoms with E-state index in [0.29, 0.717) is 13.0 Å². The van der Waals surface area contributed by atoms with Gasteiger partial charge in [0.15, 0.2) is 0 Å². The Hall–Kier alpha value is -2.25. The third-order valence-electron chi connectivity index (χ3n) is 3.18. The summed E-state index contributed by atoms with van der Waals surface area (Å²) < 4.78 is 7.67. The fourth-order valence-corrected chi connectivity index (χ4v) is 2.02. The van der Waals surface area contributed by atoms with E-state index < -0.39 is 0 Å². The van der Waals surface area contributed by atoms with E-state index in [9.17, 15) is 0 Å². The molecule has 21 heavy (non-hydrogen) atoms. The van der Waals surface area contributed by atoms with Crippen LogP contribution in [-0.4, -0.2) is 28.1 Å². The van der Waals surface area contributed by atoms with Crippen molar-refractivity contribution in [2.24, 2.45) is 7.05 Å². The molecule has 1 heterocycles. The minimum Gasteiger partial charge on any atom is -0.493 e. The van der Waals surface area contributed by atoms with Crippen molar-refractivity contribution in [3.8, 4) is 17.6 Å². The molecular formula is C17H20N2O2. The number of rotatable bonds is 5. The first kappa shape index (κ1) is 15.1. The zero-order valence-electron chi connectivity index (χ0n) is 12.5. The maximum absolute atomic E-state index is 8.71. The van der Waals surface area contributed by atoms with Crippen molar-refractivity contribution in [1.29, 1.82) is 0 Å². The molecule has 0 spiro atoms. The number of aromatic nitrogens is 2. The number of ether oxygens (including phenoxy) is 1. The fraction of sp³-hybridized carbons (Fsp3) is 0.353. The highest BCUT2D eigenvalue weighted by molar-refractivity contribution is 5.43. The molecule has 1 N–H and O–H groups in total. The second kappa shape index (κ2) is 7.51. The van der Waals surface area contributed by atoms with Gasteiger partial charge in [-0.15, -0.1) is 0 Å². The highest BCUT2D eigenvalue weighted by atomic mass is 16.5. The molecule has 0 saturated carbocycles. The molecule has 0 saturated heterocycles. The van der Waals surface area contributed by atoms with E-state index in [2.05, 4.69) is 16.9 Å². The van der Waals surface area contributed by atoms with Crippen LogP contribution >= 0.6 is 0 Å². The van der Waals surface area contributed by atoms with Crippen LogP contribution in [-0.2, 0) is 13.5 Å².